The minimum absolute atomic E-state index is 0. The molecule has 2 aromatic carbocycles. The molecular weight excluding hydrogens is 620 g/mol. The fraction of sp³-hybridized carbons (Fsp3) is 0.400. The van der Waals surface area contributed by atoms with Gasteiger partial charge >= 0.3 is 0 Å². The van der Waals surface area contributed by atoms with Crippen molar-refractivity contribution in [3.05, 3.63) is 36.4 Å². The molecule has 0 amide bonds. The Morgan fingerprint density at radius 2 is 1.31 bits per heavy atom. The normalized spacial score (nSPS) is 17.6. The van der Waals surface area contributed by atoms with Gasteiger partial charge in [0.05, 0.1) is 56.5 Å². The van der Waals surface area contributed by atoms with Crippen molar-refractivity contribution in [3.63, 3.8) is 0 Å². The van der Waals surface area contributed by atoms with E-state index in [9.17, 15) is 4.21 Å². The smallest absolute Gasteiger partial charge is 0.206 e. The molecule has 1 unspecified atom stereocenters. The number of benzene rings is 2. The standard InChI is InChI=1S/2C10H13NO3S3.Cu/c12-17(14-11-3-5-13-6-4-11)8-1-2-9(15)10(16)7-8;15-9-2-1-8(7-10(9)16)17-14-13-11-3-5-12-6-4-11;/h2*1-2,7,15-16H,3-6H2;/p-4. The van der Waals surface area contributed by atoms with Crippen LogP contribution in [-0.4, -0.2) is 66.9 Å². The molecule has 8 nitrogen and oxygen atoms in total. The third-order valence-corrected chi connectivity index (χ3v) is 7.61. The molecule has 15 heteroatoms. The number of hydrogen-bond donors (Lipinski definition) is 0. The molecule has 2 saturated heterocycles. The Kier molecular flexibility index (Phi) is 15.0. The number of rotatable bonds is 7. The summed E-state index contributed by atoms with van der Waals surface area (Å²) in [5.41, 5.74) is 0. The minimum atomic E-state index is -1.54. The molecule has 1 radical (unpaired) electrons. The van der Waals surface area contributed by atoms with Gasteiger partial charge in [-0.1, -0.05) is 24.3 Å². The Morgan fingerprint density at radius 1 is 0.771 bits per heavy atom. The topological polar surface area (TPSA) is 69.7 Å². The fourth-order valence-corrected chi connectivity index (χ4v) is 4.71. The number of morpholine rings is 2. The molecule has 0 aliphatic carbocycles. The SMILES string of the molecule is O=S(ON1CCOCC1)c1ccc([S-])c([S-])c1.[Cu].[S-]c1ccc(SOON2CCOCC2)cc1[S-]. The summed E-state index contributed by atoms with van der Waals surface area (Å²) in [6.07, 6.45) is 0. The molecule has 1 atom stereocenters. The van der Waals surface area contributed by atoms with E-state index in [0.29, 0.717) is 77.1 Å². The van der Waals surface area contributed by atoms with Crippen LogP contribution in [0.3, 0.4) is 0 Å². The fourth-order valence-electron chi connectivity index (χ4n) is 2.61. The maximum absolute atomic E-state index is 11.9. The molecule has 2 aliphatic rings. The zero-order valence-electron chi connectivity index (χ0n) is 18.2. The van der Waals surface area contributed by atoms with E-state index in [1.165, 1.54) is 0 Å². The van der Waals surface area contributed by atoms with Gasteiger partial charge in [0, 0.05) is 35.1 Å². The van der Waals surface area contributed by atoms with Crippen molar-refractivity contribution < 1.29 is 44.4 Å². The van der Waals surface area contributed by atoms with Crippen molar-refractivity contribution in [2.24, 2.45) is 0 Å². The summed E-state index contributed by atoms with van der Waals surface area (Å²) in [4.78, 5) is 8.97. The summed E-state index contributed by atoms with van der Waals surface area (Å²) in [7, 11) is 0. The first-order chi connectivity index (χ1) is 16.4. The average Bonchev–Trinajstić information content (AvgIpc) is 2.85. The molecule has 2 aliphatic heterocycles. The first-order valence-electron chi connectivity index (χ1n) is 10.2. The van der Waals surface area contributed by atoms with Crippen LogP contribution in [0.2, 0.25) is 0 Å². The average molecular weight is 642 g/mol. The van der Waals surface area contributed by atoms with Crippen molar-refractivity contribution in [3.8, 4) is 0 Å². The molecule has 0 spiro atoms. The number of hydrogen-bond acceptors (Lipinski definition) is 13. The second-order valence-corrected chi connectivity index (χ2v) is 10.5. The molecule has 35 heavy (non-hydrogen) atoms. The summed E-state index contributed by atoms with van der Waals surface area (Å²) >= 11 is 19.7. The molecule has 0 aromatic heterocycles. The Bertz CT molecular complexity index is 950. The van der Waals surface area contributed by atoms with Crippen LogP contribution < -0.4 is 0 Å². The predicted molar refractivity (Wildman–Crippen MR) is 136 cm³/mol. The first kappa shape index (κ1) is 31.3. The van der Waals surface area contributed by atoms with Gasteiger partial charge in [0.2, 0.25) is 11.1 Å². The van der Waals surface area contributed by atoms with Crippen LogP contribution in [0.5, 0.6) is 0 Å². The Morgan fingerprint density at radius 3 is 1.89 bits per heavy atom. The molecular formula is C20H22CuN2O6S6-4. The summed E-state index contributed by atoms with van der Waals surface area (Å²) in [5, 5.41) is 3.36. The Balaban J connectivity index is 0.000000240. The zero-order chi connectivity index (χ0) is 24.3. The van der Waals surface area contributed by atoms with E-state index < -0.39 is 11.1 Å². The second-order valence-electron chi connectivity index (χ2n) is 6.84. The van der Waals surface area contributed by atoms with Crippen molar-refractivity contribution in [2.75, 3.05) is 52.6 Å². The van der Waals surface area contributed by atoms with E-state index >= 15 is 0 Å². The second kappa shape index (κ2) is 16.8. The van der Waals surface area contributed by atoms with Crippen molar-refractivity contribution in [1.82, 2.24) is 10.1 Å². The van der Waals surface area contributed by atoms with E-state index in [4.69, 9.17) is 73.6 Å². The van der Waals surface area contributed by atoms with E-state index in [2.05, 4.69) is 0 Å². The minimum Gasteiger partial charge on any atom is -0.781 e. The van der Waals surface area contributed by atoms with Gasteiger partial charge in [-0.05, 0) is 12.1 Å². The summed E-state index contributed by atoms with van der Waals surface area (Å²) in [6, 6.07) is 10.4. The number of hydroxylamine groups is 4. The van der Waals surface area contributed by atoms with Gasteiger partial charge in [-0.25, -0.2) is 4.21 Å². The molecule has 0 bridgehead atoms. The van der Waals surface area contributed by atoms with Gasteiger partial charge in [-0.2, -0.15) is 34.0 Å². The molecule has 0 N–H and O–H groups in total. The van der Waals surface area contributed by atoms with Crippen LogP contribution in [-0.2, 0) is 102 Å². The third kappa shape index (κ3) is 11.1. The van der Waals surface area contributed by atoms with Gasteiger partial charge in [-0.15, -0.1) is 9.32 Å². The van der Waals surface area contributed by atoms with Crippen LogP contribution in [0.25, 0.3) is 0 Å². The van der Waals surface area contributed by atoms with Gasteiger partial charge < -0.3 is 60.0 Å². The summed E-state index contributed by atoms with van der Waals surface area (Å²) in [5.74, 6) is 0. The van der Waals surface area contributed by atoms with Crippen LogP contribution in [0.4, 0.5) is 0 Å². The van der Waals surface area contributed by atoms with E-state index in [1.54, 1.807) is 40.5 Å². The maximum atomic E-state index is 11.9. The van der Waals surface area contributed by atoms with Crippen molar-refractivity contribution >= 4 is 73.6 Å². The van der Waals surface area contributed by atoms with Gasteiger partial charge in [0.15, 0.2) is 0 Å². The number of nitrogens with zero attached hydrogens (tertiary/aromatic N) is 2. The van der Waals surface area contributed by atoms with Crippen LogP contribution >= 0.6 is 12.0 Å². The Labute approximate surface area is 244 Å². The van der Waals surface area contributed by atoms with Crippen LogP contribution in [0.1, 0.15) is 0 Å². The molecule has 2 fully saturated rings. The predicted octanol–water partition coefficient (Wildman–Crippen LogP) is 2.48. The third-order valence-electron chi connectivity index (χ3n) is 4.40. The van der Waals surface area contributed by atoms with Gasteiger partial charge in [-0.3, -0.25) is 0 Å². The van der Waals surface area contributed by atoms with E-state index in [0.717, 1.165) is 16.9 Å². The first-order valence-corrected chi connectivity index (χ1v) is 13.6. The van der Waals surface area contributed by atoms with Crippen LogP contribution in [0.15, 0.2) is 65.8 Å². The number of ether oxygens (including phenoxy) is 2. The molecule has 2 aromatic rings. The summed E-state index contributed by atoms with van der Waals surface area (Å²) < 4.78 is 32.6. The molecule has 199 valence electrons. The van der Waals surface area contributed by atoms with Crippen molar-refractivity contribution in [1.29, 1.82) is 0 Å². The molecule has 0 saturated carbocycles. The largest absolute Gasteiger partial charge is 0.781 e. The molecule has 4 rings (SSSR count). The quantitative estimate of drug-likeness (QED) is 0.146. The Hall–Kier alpha value is 0.0595. The maximum Gasteiger partial charge on any atom is 0.206 e. The van der Waals surface area contributed by atoms with Gasteiger partial charge in [0.1, 0.15) is 0 Å². The summed E-state index contributed by atoms with van der Waals surface area (Å²) in [6.45, 7) is 5.15. The molecule has 2 heterocycles. The van der Waals surface area contributed by atoms with Crippen LogP contribution in [0, 0.1) is 0 Å². The van der Waals surface area contributed by atoms with Gasteiger partial charge in [0.25, 0.3) is 0 Å². The zero-order valence-corrected chi connectivity index (χ0v) is 24.1. The monoisotopic (exact) mass is 641 g/mol. The van der Waals surface area contributed by atoms with E-state index in [-0.39, 0.29) is 17.1 Å². The van der Waals surface area contributed by atoms with E-state index in [1.807, 2.05) is 6.07 Å². The van der Waals surface area contributed by atoms with Crippen molar-refractivity contribution in [2.45, 2.75) is 29.4 Å².